The molecule has 0 unspecified atom stereocenters. The van der Waals surface area contributed by atoms with Gasteiger partial charge in [-0.25, -0.2) is 0 Å². The Hall–Kier alpha value is -7.12. The minimum Gasteiger partial charge on any atom is -0.481 e. The lowest BCUT2D eigenvalue weighted by atomic mass is 9.85. The third-order valence-corrected chi connectivity index (χ3v) is 11.4. The highest BCUT2D eigenvalue weighted by atomic mass is 16.4. The van der Waals surface area contributed by atoms with Crippen LogP contribution in [0.25, 0.3) is 10.9 Å². The van der Waals surface area contributed by atoms with Gasteiger partial charge in [0.05, 0.1) is 12.5 Å². The van der Waals surface area contributed by atoms with Crippen LogP contribution in [0.5, 0.6) is 0 Å². The number of primary amides is 1. The molecule has 0 aliphatic carbocycles. The highest BCUT2D eigenvalue weighted by Crippen LogP contribution is 2.22. The van der Waals surface area contributed by atoms with Crippen molar-refractivity contribution in [3.8, 4) is 0 Å². The second kappa shape index (κ2) is 26.4. The van der Waals surface area contributed by atoms with Crippen LogP contribution in [-0.2, 0) is 60.8 Å². The summed E-state index contributed by atoms with van der Waals surface area (Å²) in [6, 6.07) is 6.02. The van der Waals surface area contributed by atoms with E-state index in [0.717, 1.165) is 16.5 Å². The molecule has 7 amide bonds. The summed E-state index contributed by atoms with van der Waals surface area (Å²) in [4.78, 5) is 135. The maximum Gasteiger partial charge on any atom is 0.303 e. The number of nitrogens with one attached hydrogen (secondary N) is 7. The van der Waals surface area contributed by atoms with Crippen LogP contribution in [0.15, 0.2) is 54.7 Å². The van der Waals surface area contributed by atoms with Crippen LogP contribution in [0.1, 0.15) is 110 Å². The lowest BCUT2D eigenvalue weighted by Crippen LogP contribution is -2.62. The molecular weight excluding hydrogens is 893 g/mol. The second-order valence-corrected chi connectivity index (χ2v) is 18.7. The average molecular weight is 961 g/mol. The molecule has 0 saturated carbocycles. The number of carbonyl (C=O) groups excluding carboxylic acids is 8. The number of nitrogens with two attached hydrogens (primary N) is 1. The highest BCUT2D eigenvalue weighted by Gasteiger charge is 2.39. The highest BCUT2D eigenvalue weighted by molar-refractivity contribution is 6.37. The van der Waals surface area contributed by atoms with E-state index in [4.69, 9.17) is 10.8 Å². The molecule has 3 rings (SSSR count). The van der Waals surface area contributed by atoms with Crippen molar-refractivity contribution in [1.82, 2.24) is 36.9 Å². The van der Waals surface area contributed by atoms with Crippen LogP contribution in [0.2, 0.25) is 0 Å². The van der Waals surface area contributed by atoms with Gasteiger partial charge in [0, 0.05) is 42.8 Å². The predicted octanol–water partition coefficient (Wildman–Crippen LogP) is 2.24. The summed E-state index contributed by atoms with van der Waals surface area (Å²) in [5.74, 6) is -9.87. The minimum absolute atomic E-state index is 0.109. The molecule has 20 heteroatoms. The number of para-hydroxylation sites is 1. The Bertz CT molecular complexity index is 2340. The van der Waals surface area contributed by atoms with E-state index in [2.05, 4.69) is 36.9 Å². The van der Waals surface area contributed by atoms with E-state index in [9.17, 15) is 53.1 Å². The molecule has 0 aliphatic heterocycles. The van der Waals surface area contributed by atoms with Crippen molar-refractivity contribution in [1.29, 1.82) is 0 Å². The monoisotopic (exact) mass is 960 g/mol. The van der Waals surface area contributed by atoms with Gasteiger partial charge in [0.2, 0.25) is 41.2 Å². The van der Waals surface area contributed by atoms with Crippen molar-refractivity contribution in [2.45, 2.75) is 149 Å². The van der Waals surface area contributed by atoms with E-state index in [1.165, 1.54) is 0 Å². The number of aromatic nitrogens is 1. The number of aryl methyl sites for hydroxylation is 1. The lowest BCUT2D eigenvalue weighted by Gasteiger charge is -2.34. The number of hydrogen-bond acceptors (Lipinski definition) is 10. The molecule has 0 aliphatic rings. The molecule has 69 heavy (non-hydrogen) atoms. The van der Waals surface area contributed by atoms with Crippen LogP contribution in [0, 0.1) is 18.3 Å². The van der Waals surface area contributed by atoms with Gasteiger partial charge in [-0.15, -0.1) is 0 Å². The molecule has 6 atom stereocenters. The Morgan fingerprint density at radius 3 is 1.77 bits per heavy atom. The Morgan fingerprint density at radius 1 is 0.623 bits per heavy atom. The molecule has 11 N–H and O–H groups in total. The molecule has 1 aromatic heterocycles. The standard InChI is InChI=1S/C49H68N8O12/c1-8-9-17-33(41(63)43(50)64)53-45(66)35(23-27(2)3)56-48(69)42(49(5,6)7)57-47(68)37(24-29-15-11-10-14-28(29)4)55-44(65)34(19-21-39(59)60)54-46(67)36(52-38(58)20-22-40(61)62)25-30-26-51-32-18-13-12-16-31(30)32/h10-16,18,26-27,33-37,42,51H,8-9,17,19-25H2,1-7H3,(H2,50,64)(H,52,58)(H,53,66)(H,54,67)(H,55,65)(H,56,69)(H,57,68)(H,59,60)(H,61,62)/t33-,34-,35-,36-,37-,42+/m0/s1. The number of unbranched alkanes of at least 4 members (excludes halogenated alkanes) is 1. The van der Waals surface area contributed by atoms with Crippen LogP contribution in [0.4, 0.5) is 0 Å². The first-order valence-electron chi connectivity index (χ1n) is 23.1. The number of carboxylic acids is 2. The van der Waals surface area contributed by atoms with E-state index in [1.54, 1.807) is 82.4 Å². The Morgan fingerprint density at radius 2 is 1.16 bits per heavy atom. The zero-order valence-electron chi connectivity index (χ0n) is 40.4. The molecule has 3 aromatic rings. The van der Waals surface area contributed by atoms with E-state index < -0.39 is 126 Å². The first kappa shape index (κ1) is 56.2. The number of carbonyl (C=O) groups is 10. The number of amides is 7. The third-order valence-electron chi connectivity index (χ3n) is 11.4. The van der Waals surface area contributed by atoms with Crippen molar-refractivity contribution in [3.63, 3.8) is 0 Å². The molecule has 0 saturated heterocycles. The summed E-state index contributed by atoms with van der Waals surface area (Å²) in [6.45, 7) is 12.3. The number of fused-ring (bicyclic) bond motifs is 1. The fourth-order valence-corrected chi connectivity index (χ4v) is 7.56. The Kier molecular flexibility index (Phi) is 21.5. The van der Waals surface area contributed by atoms with E-state index in [1.807, 2.05) is 20.8 Å². The smallest absolute Gasteiger partial charge is 0.303 e. The quantitative estimate of drug-likeness (QED) is 0.0469. The molecule has 2 aromatic carbocycles. The molecule has 0 spiro atoms. The molecule has 0 fully saturated rings. The zero-order valence-corrected chi connectivity index (χ0v) is 40.4. The van der Waals surface area contributed by atoms with Gasteiger partial charge in [-0.3, -0.25) is 47.9 Å². The number of benzene rings is 2. The summed E-state index contributed by atoms with van der Waals surface area (Å²) < 4.78 is 0. The SMILES string of the molecule is CCCC[C@H](NC(=O)[C@H](CC(C)C)NC(=O)[C@@H](NC(=O)[C@H](Cc1ccccc1C)NC(=O)[C@H](CCC(=O)O)NC(=O)[C@H](Cc1c[nH]c2ccccc12)NC(=O)CCC(=O)O)C(C)(C)C)C(=O)C(N)=O. The predicted molar refractivity (Wildman–Crippen MR) is 255 cm³/mol. The molecule has 0 bridgehead atoms. The summed E-state index contributed by atoms with van der Waals surface area (Å²) in [6.07, 6.45) is 0.777. The Balaban J connectivity index is 1.98. The van der Waals surface area contributed by atoms with Crippen molar-refractivity contribution in [3.05, 3.63) is 71.4 Å². The number of H-pyrrole nitrogens is 1. The minimum atomic E-state index is -1.58. The molecule has 20 nitrogen and oxygen atoms in total. The summed E-state index contributed by atoms with van der Waals surface area (Å²) in [5, 5.41) is 35.4. The fraction of sp³-hybridized carbons (Fsp3) is 0.510. The van der Waals surface area contributed by atoms with Crippen LogP contribution < -0.4 is 37.6 Å². The maximum absolute atomic E-state index is 14.5. The van der Waals surface area contributed by atoms with E-state index >= 15 is 0 Å². The summed E-state index contributed by atoms with van der Waals surface area (Å²) in [5.41, 5.74) is 6.96. The van der Waals surface area contributed by atoms with Gasteiger partial charge in [0.25, 0.3) is 5.91 Å². The number of ketones is 1. The number of aromatic amines is 1. The van der Waals surface area contributed by atoms with Crippen molar-refractivity contribution in [2.75, 3.05) is 0 Å². The van der Waals surface area contributed by atoms with Crippen molar-refractivity contribution in [2.24, 2.45) is 17.1 Å². The van der Waals surface area contributed by atoms with Crippen molar-refractivity contribution >= 4 is 70.0 Å². The summed E-state index contributed by atoms with van der Waals surface area (Å²) >= 11 is 0. The van der Waals surface area contributed by atoms with Gasteiger partial charge in [0.15, 0.2) is 0 Å². The van der Waals surface area contributed by atoms with E-state index in [-0.39, 0.29) is 31.6 Å². The van der Waals surface area contributed by atoms with Gasteiger partial charge in [-0.2, -0.15) is 0 Å². The molecule has 1 heterocycles. The first-order chi connectivity index (χ1) is 32.4. The van der Waals surface area contributed by atoms with Gasteiger partial charge >= 0.3 is 11.9 Å². The molecular formula is C49H68N8O12. The van der Waals surface area contributed by atoms with Gasteiger partial charge < -0.3 is 52.8 Å². The zero-order chi connectivity index (χ0) is 51.6. The fourth-order valence-electron chi connectivity index (χ4n) is 7.56. The van der Waals surface area contributed by atoms with Gasteiger partial charge in [-0.1, -0.05) is 96.8 Å². The van der Waals surface area contributed by atoms with Crippen LogP contribution in [0.3, 0.4) is 0 Å². The molecule has 376 valence electrons. The Labute approximate surface area is 401 Å². The van der Waals surface area contributed by atoms with Crippen LogP contribution >= 0.6 is 0 Å². The van der Waals surface area contributed by atoms with Gasteiger partial charge in [-0.05, 0) is 60.3 Å². The lowest BCUT2D eigenvalue weighted by molar-refractivity contribution is -0.140. The third kappa shape index (κ3) is 18.1. The number of carboxylic acid groups (broad SMARTS) is 2. The number of Topliss-reactive ketones (excluding diaryl/α,β-unsaturated/α-hetero) is 1. The van der Waals surface area contributed by atoms with Crippen LogP contribution in [-0.4, -0.2) is 111 Å². The number of aliphatic carboxylic acids is 2. The van der Waals surface area contributed by atoms with E-state index in [0.29, 0.717) is 24.0 Å². The number of rotatable bonds is 28. The topological polar surface area (TPSA) is 325 Å². The second-order valence-electron chi connectivity index (χ2n) is 18.7. The van der Waals surface area contributed by atoms with Gasteiger partial charge in [0.1, 0.15) is 30.2 Å². The molecule has 0 radical (unpaired) electrons. The normalized spacial score (nSPS) is 14.0. The maximum atomic E-state index is 14.5. The number of hydrogen-bond donors (Lipinski definition) is 10. The average Bonchev–Trinajstić information content (AvgIpc) is 3.68. The summed E-state index contributed by atoms with van der Waals surface area (Å²) in [7, 11) is 0. The van der Waals surface area contributed by atoms with Crippen molar-refractivity contribution < 1.29 is 58.2 Å². The largest absolute Gasteiger partial charge is 0.481 e. The first-order valence-corrected chi connectivity index (χ1v) is 23.1.